The van der Waals surface area contributed by atoms with Crippen molar-refractivity contribution in [2.75, 3.05) is 0 Å². The van der Waals surface area contributed by atoms with E-state index in [0.717, 1.165) is 39.7 Å². The van der Waals surface area contributed by atoms with Crippen molar-refractivity contribution >= 4 is 66.1 Å². The third kappa shape index (κ3) is 4.69. The normalized spacial score (nSPS) is 14.6. The van der Waals surface area contributed by atoms with Gasteiger partial charge in [-0.1, -0.05) is 127 Å². The van der Waals surface area contributed by atoms with Crippen molar-refractivity contribution in [3.05, 3.63) is 205 Å². The molecular formula is C49H34N5+. The number of amidine groups is 2. The molecule has 1 aliphatic heterocycles. The first-order chi connectivity index (χ1) is 26.8. The van der Waals surface area contributed by atoms with Crippen molar-refractivity contribution in [1.29, 1.82) is 0 Å². The number of fused-ring (bicyclic) bond motifs is 10. The zero-order chi connectivity index (χ0) is 35.6. The molecule has 1 unspecified atom stereocenters. The lowest BCUT2D eigenvalue weighted by Gasteiger charge is -2.19. The summed E-state index contributed by atoms with van der Waals surface area (Å²) in [5, 5.41) is 9.65. The van der Waals surface area contributed by atoms with Gasteiger partial charge in [0, 0.05) is 49.4 Å². The van der Waals surface area contributed by atoms with Gasteiger partial charge < -0.3 is 9.13 Å². The van der Waals surface area contributed by atoms with Crippen molar-refractivity contribution in [1.82, 2.24) is 9.13 Å². The lowest BCUT2D eigenvalue weighted by Crippen LogP contribution is -2.89. The average molecular weight is 693 g/mol. The standard InChI is InChI=1S/C49H33N5/c1-4-16-32(17-5-1)47-50-48(33-18-6-2-7-19-33)52-49(51-47)34-28-30-36(31-29-34)53-42-27-15-13-25-40(42)44-45(53)38-23-11-10-22-37(38)43-39-24-12-14-26-41(39)54(46(43)44)35-20-8-3-9-21-35/h1-31,47H,(H,50,51,52)/p+1. The van der Waals surface area contributed by atoms with Crippen LogP contribution >= 0.6 is 0 Å². The largest absolute Gasteiger partial charge is 0.309 e. The molecule has 5 heteroatoms. The predicted molar refractivity (Wildman–Crippen MR) is 223 cm³/mol. The van der Waals surface area contributed by atoms with Crippen LogP contribution in [0.5, 0.6) is 0 Å². The number of aliphatic imine (C=N–C) groups is 2. The minimum atomic E-state index is -0.129. The Kier molecular flexibility index (Phi) is 6.94. The Bertz CT molecular complexity index is 3100. The highest BCUT2D eigenvalue weighted by Gasteiger charge is 2.27. The Morgan fingerprint density at radius 3 is 1.61 bits per heavy atom. The Hall–Kier alpha value is -7.08. The fraction of sp³-hybridized carbons (Fsp3) is 0.0204. The highest BCUT2D eigenvalue weighted by molar-refractivity contribution is 6.36. The van der Waals surface area contributed by atoms with Gasteiger partial charge in [-0.25, -0.2) is 4.99 Å². The van der Waals surface area contributed by atoms with Crippen LogP contribution in [0.25, 0.3) is 65.8 Å². The molecule has 0 saturated heterocycles. The molecule has 2 aromatic heterocycles. The lowest BCUT2D eigenvalue weighted by atomic mass is 9.99. The summed E-state index contributed by atoms with van der Waals surface area (Å²) < 4.78 is 4.91. The van der Waals surface area contributed by atoms with Gasteiger partial charge in [-0.3, -0.25) is 5.32 Å². The number of quaternary nitrogens is 1. The Morgan fingerprint density at radius 1 is 0.407 bits per heavy atom. The van der Waals surface area contributed by atoms with E-state index in [4.69, 9.17) is 9.98 Å². The fourth-order valence-corrected chi connectivity index (χ4v) is 8.49. The van der Waals surface area contributed by atoms with Crippen molar-refractivity contribution in [3.8, 4) is 11.4 Å². The van der Waals surface area contributed by atoms with E-state index < -0.39 is 0 Å². The molecule has 0 spiro atoms. The summed E-state index contributed by atoms with van der Waals surface area (Å²) in [7, 11) is 0. The van der Waals surface area contributed by atoms with Crippen LogP contribution in [0.3, 0.4) is 0 Å². The van der Waals surface area contributed by atoms with Gasteiger partial charge in [0.15, 0.2) is 5.84 Å². The molecule has 254 valence electrons. The SMILES string of the molecule is c1ccc(C2=NC(c3ccc(-n4c5ccccc5c5c4c4ccccc4c4c6ccccc6n(-c6ccccc6)c45)cc3)=NC(c3ccccc3)[NH2+]2)cc1. The number of hydrogen-bond acceptors (Lipinski definition) is 2. The van der Waals surface area contributed by atoms with Crippen LogP contribution in [0, 0.1) is 0 Å². The number of aromatic nitrogens is 2. The van der Waals surface area contributed by atoms with E-state index in [9.17, 15) is 0 Å². The molecule has 0 radical (unpaired) electrons. The van der Waals surface area contributed by atoms with Gasteiger partial charge in [0.2, 0.25) is 12.0 Å². The molecule has 1 atom stereocenters. The quantitative estimate of drug-likeness (QED) is 0.187. The first-order valence-electron chi connectivity index (χ1n) is 18.5. The maximum Gasteiger partial charge on any atom is 0.235 e. The molecule has 1 aliphatic rings. The summed E-state index contributed by atoms with van der Waals surface area (Å²) in [6.45, 7) is 0. The second kappa shape index (κ2) is 12.3. The Labute approximate surface area is 311 Å². The van der Waals surface area contributed by atoms with Gasteiger partial charge in [0.05, 0.1) is 27.6 Å². The molecule has 0 bridgehead atoms. The average Bonchev–Trinajstić information content (AvgIpc) is 3.79. The first kappa shape index (κ1) is 30.5. The molecule has 11 rings (SSSR count). The van der Waals surface area contributed by atoms with Crippen molar-refractivity contribution < 1.29 is 5.32 Å². The molecule has 0 amide bonds. The number of benzene rings is 8. The summed E-state index contributed by atoms with van der Waals surface area (Å²) in [6.07, 6.45) is -0.129. The van der Waals surface area contributed by atoms with Gasteiger partial charge >= 0.3 is 0 Å². The number of nitrogens with zero attached hydrogens (tertiary/aromatic N) is 4. The molecular weight excluding hydrogens is 659 g/mol. The maximum absolute atomic E-state index is 5.19. The van der Waals surface area contributed by atoms with E-state index in [1.165, 1.54) is 54.4 Å². The summed E-state index contributed by atoms with van der Waals surface area (Å²) in [4.78, 5) is 10.3. The van der Waals surface area contributed by atoms with Gasteiger partial charge in [0.25, 0.3) is 0 Å². The van der Waals surface area contributed by atoms with Crippen LogP contribution < -0.4 is 5.32 Å². The minimum absolute atomic E-state index is 0.129. The second-order valence-electron chi connectivity index (χ2n) is 13.9. The van der Waals surface area contributed by atoms with E-state index in [1.54, 1.807) is 0 Å². The monoisotopic (exact) mass is 692 g/mol. The topological polar surface area (TPSA) is 51.2 Å². The molecule has 0 saturated carbocycles. The minimum Gasteiger partial charge on any atom is -0.309 e. The highest BCUT2D eigenvalue weighted by Crippen LogP contribution is 2.46. The van der Waals surface area contributed by atoms with Gasteiger partial charge in [-0.15, -0.1) is 0 Å². The molecule has 0 aliphatic carbocycles. The second-order valence-corrected chi connectivity index (χ2v) is 13.9. The first-order valence-corrected chi connectivity index (χ1v) is 18.5. The smallest absolute Gasteiger partial charge is 0.235 e. The Morgan fingerprint density at radius 2 is 0.926 bits per heavy atom. The number of para-hydroxylation sites is 3. The summed E-state index contributed by atoms with van der Waals surface area (Å²) in [5.41, 5.74) is 10.2. The molecule has 2 N–H and O–H groups in total. The molecule has 10 aromatic rings. The zero-order valence-electron chi connectivity index (χ0n) is 29.3. The van der Waals surface area contributed by atoms with E-state index in [0.29, 0.717) is 0 Å². The van der Waals surface area contributed by atoms with Crippen molar-refractivity contribution in [3.63, 3.8) is 0 Å². The summed E-state index contributed by atoms with van der Waals surface area (Å²) >= 11 is 0. The number of nitrogens with two attached hydrogens (primary N) is 1. The van der Waals surface area contributed by atoms with Crippen LogP contribution in [0.2, 0.25) is 0 Å². The van der Waals surface area contributed by atoms with Gasteiger partial charge in [-0.05, 0) is 66.0 Å². The number of rotatable bonds is 5. The van der Waals surface area contributed by atoms with E-state index in [1.807, 2.05) is 12.1 Å². The molecule has 54 heavy (non-hydrogen) atoms. The van der Waals surface area contributed by atoms with Crippen LogP contribution in [-0.2, 0) is 0 Å². The van der Waals surface area contributed by atoms with Gasteiger partial charge in [-0.2, -0.15) is 4.99 Å². The summed E-state index contributed by atoms with van der Waals surface area (Å²) in [5.74, 6) is 1.67. The van der Waals surface area contributed by atoms with Crippen LogP contribution in [-0.4, -0.2) is 20.8 Å². The zero-order valence-corrected chi connectivity index (χ0v) is 29.3. The number of hydrogen-bond donors (Lipinski definition) is 1. The van der Waals surface area contributed by atoms with Crippen LogP contribution in [0.1, 0.15) is 22.9 Å². The molecule has 8 aromatic carbocycles. The third-order valence-corrected chi connectivity index (χ3v) is 10.8. The third-order valence-electron chi connectivity index (χ3n) is 10.8. The predicted octanol–water partition coefficient (Wildman–Crippen LogP) is 10.5. The highest BCUT2D eigenvalue weighted by atomic mass is 15.2. The summed E-state index contributed by atoms with van der Waals surface area (Å²) in [6, 6.07) is 67.0. The lowest BCUT2D eigenvalue weighted by molar-refractivity contribution is -0.586. The van der Waals surface area contributed by atoms with Crippen LogP contribution in [0.4, 0.5) is 0 Å². The molecule has 0 fully saturated rings. The fourth-order valence-electron chi connectivity index (χ4n) is 8.49. The van der Waals surface area contributed by atoms with Crippen molar-refractivity contribution in [2.45, 2.75) is 6.17 Å². The molecule has 5 nitrogen and oxygen atoms in total. The molecule has 3 heterocycles. The van der Waals surface area contributed by atoms with E-state index >= 15 is 0 Å². The van der Waals surface area contributed by atoms with Crippen molar-refractivity contribution in [2.24, 2.45) is 9.98 Å². The van der Waals surface area contributed by atoms with E-state index in [2.05, 4.69) is 190 Å². The Balaban J connectivity index is 1.16. The van der Waals surface area contributed by atoms with Crippen LogP contribution in [0.15, 0.2) is 198 Å². The van der Waals surface area contributed by atoms with E-state index in [-0.39, 0.29) is 6.17 Å². The van der Waals surface area contributed by atoms with Gasteiger partial charge in [0.1, 0.15) is 0 Å². The maximum atomic E-state index is 5.19.